The number of hydrogen-bond donors (Lipinski definition) is 1. The van der Waals surface area contributed by atoms with Crippen LogP contribution in [-0.2, 0) is 5.54 Å². The van der Waals surface area contributed by atoms with Crippen LogP contribution in [0, 0.1) is 0 Å². The molecule has 2 rings (SSSR count). The van der Waals surface area contributed by atoms with Gasteiger partial charge in [-0.15, -0.1) is 5.10 Å². The van der Waals surface area contributed by atoms with Gasteiger partial charge in [-0.25, -0.2) is 9.67 Å². The third-order valence-corrected chi connectivity index (χ3v) is 2.30. The Morgan fingerprint density at radius 1 is 1.41 bits per heavy atom. The molecule has 0 spiro atoms. The second kappa shape index (κ2) is 4.36. The summed E-state index contributed by atoms with van der Waals surface area (Å²) in [6.45, 7) is 4.36. The summed E-state index contributed by atoms with van der Waals surface area (Å²) >= 11 is 0. The van der Waals surface area contributed by atoms with E-state index in [0.29, 0.717) is 18.2 Å². The molecule has 17 heavy (non-hydrogen) atoms. The molecule has 2 N–H and O–H groups in total. The van der Waals surface area contributed by atoms with E-state index in [1.807, 2.05) is 13.8 Å². The Bertz CT molecular complexity index is 464. The summed E-state index contributed by atoms with van der Waals surface area (Å²) in [5.74, 6) is 0.528. The van der Waals surface area contributed by atoms with E-state index in [4.69, 9.17) is 10.5 Å². The Kier molecular flexibility index (Phi) is 2.90. The third-order valence-electron chi connectivity index (χ3n) is 2.30. The van der Waals surface area contributed by atoms with E-state index in [1.54, 1.807) is 29.3 Å². The monoisotopic (exact) mass is 234 g/mol. The zero-order valence-electron chi connectivity index (χ0n) is 9.74. The molecule has 90 valence electrons. The maximum absolute atomic E-state index is 5.57. The molecule has 0 fully saturated rings. The van der Waals surface area contributed by atoms with Crippen LogP contribution in [0.1, 0.15) is 13.8 Å². The highest BCUT2D eigenvalue weighted by atomic mass is 16.5. The third kappa shape index (κ3) is 2.68. The van der Waals surface area contributed by atoms with Crippen LogP contribution in [0.15, 0.2) is 24.7 Å². The first-order chi connectivity index (χ1) is 8.08. The van der Waals surface area contributed by atoms with Gasteiger partial charge in [-0.05, 0) is 30.3 Å². The minimum absolute atomic E-state index is 0.341. The molecule has 0 saturated heterocycles. The van der Waals surface area contributed by atoms with Crippen LogP contribution in [0.3, 0.4) is 0 Å². The highest BCUT2D eigenvalue weighted by Crippen LogP contribution is 2.15. The van der Waals surface area contributed by atoms with Gasteiger partial charge in [0.1, 0.15) is 12.9 Å². The molecule has 0 radical (unpaired) electrons. The molecule has 0 aromatic carbocycles. The lowest BCUT2D eigenvalue weighted by Crippen LogP contribution is -2.34. The summed E-state index contributed by atoms with van der Waals surface area (Å²) in [4.78, 5) is 4.05. The highest BCUT2D eigenvalue weighted by molar-refractivity contribution is 5.35. The second-order valence-electron chi connectivity index (χ2n) is 4.29. The summed E-state index contributed by atoms with van der Waals surface area (Å²) in [6.07, 6.45) is 3.11. The largest absolute Gasteiger partial charge is 0.475 e. The number of rotatable bonds is 4. The Labute approximate surface area is 98.6 Å². The minimum Gasteiger partial charge on any atom is -0.475 e. The number of tetrazole rings is 1. The second-order valence-corrected chi connectivity index (χ2v) is 4.29. The van der Waals surface area contributed by atoms with Crippen LogP contribution in [0.2, 0.25) is 0 Å². The predicted octanol–water partition coefficient (Wildman–Crippen LogP) is 0.464. The molecule has 2 aromatic heterocycles. The molecule has 7 heteroatoms. The average Bonchev–Trinajstić information content (AvgIpc) is 2.82. The Morgan fingerprint density at radius 2 is 2.24 bits per heavy atom. The summed E-state index contributed by atoms with van der Waals surface area (Å²) < 4.78 is 7.21. The molecule has 0 atom stereocenters. The molecule has 0 aliphatic carbocycles. The first-order valence-corrected chi connectivity index (χ1v) is 5.16. The maximum atomic E-state index is 5.57. The van der Waals surface area contributed by atoms with Gasteiger partial charge in [0, 0.05) is 6.07 Å². The van der Waals surface area contributed by atoms with Crippen molar-refractivity contribution in [3.05, 3.63) is 24.7 Å². The number of aromatic nitrogens is 5. The van der Waals surface area contributed by atoms with E-state index in [0.717, 1.165) is 0 Å². The molecule has 2 aromatic rings. The van der Waals surface area contributed by atoms with Gasteiger partial charge in [-0.2, -0.15) is 0 Å². The Hall–Kier alpha value is -2.18. The van der Waals surface area contributed by atoms with Crippen LogP contribution in [0.5, 0.6) is 5.88 Å². The van der Waals surface area contributed by atoms with E-state index in [1.165, 1.54) is 0 Å². The molecule has 7 nitrogen and oxygen atoms in total. The van der Waals surface area contributed by atoms with E-state index < -0.39 is 0 Å². The predicted molar refractivity (Wildman–Crippen MR) is 61.3 cm³/mol. The van der Waals surface area contributed by atoms with Crippen molar-refractivity contribution >= 4 is 5.69 Å². The van der Waals surface area contributed by atoms with Crippen molar-refractivity contribution in [2.45, 2.75) is 19.4 Å². The van der Waals surface area contributed by atoms with Gasteiger partial charge < -0.3 is 10.5 Å². The number of ether oxygens (including phenoxy) is 1. The molecular weight excluding hydrogens is 220 g/mol. The summed E-state index contributed by atoms with van der Waals surface area (Å²) in [7, 11) is 0. The van der Waals surface area contributed by atoms with E-state index in [9.17, 15) is 0 Å². The van der Waals surface area contributed by atoms with Crippen molar-refractivity contribution in [3.8, 4) is 5.88 Å². The zero-order valence-corrected chi connectivity index (χ0v) is 9.74. The quantitative estimate of drug-likeness (QED) is 0.826. The van der Waals surface area contributed by atoms with Gasteiger partial charge in [0.15, 0.2) is 0 Å². The summed E-state index contributed by atoms with van der Waals surface area (Å²) in [5.41, 5.74) is 5.80. The fourth-order valence-electron chi connectivity index (χ4n) is 1.23. The van der Waals surface area contributed by atoms with Crippen molar-refractivity contribution < 1.29 is 4.74 Å². The van der Waals surface area contributed by atoms with E-state index in [2.05, 4.69) is 20.5 Å². The van der Waals surface area contributed by atoms with Crippen molar-refractivity contribution in [2.75, 3.05) is 12.3 Å². The summed E-state index contributed by atoms with van der Waals surface area (Å²) in [5, 5.41) is 11.0. The van der Waals surface area contributed by atoms with Gasteiger partial charge in [0.25, 0.3) is 0 Å². The normalized spacial score (nSPS) is 11.4. The maximum Gasteiger partial charge on any atom is 0.213 e. The first-order valence-electron chi connectivity index (χ1n) is 5.16. The standard InChI is InChI=1S/C10H14N6O/c1-10(2,16-7-13-14-15-16)6-17-9-4-3-8(11)5-12-9/h3-5,7H,6,11H2,1-2H3. The number of hydrogen-bond acceptors (Lipinski definition) is 6. The molecule has 2 heterocycles. The molecular formula is C10H14N6O. The van der Waals surface area contributed by atoms with Crippen molar-refractivity contribution in [1.29, 1.82) is 0 Å². The minimum atomic E-state index is -0.341. The summed E-state index contributed by atoms with van der Waals surface area (Å²) in [6, 6.07) is 3.47. The Balaban J connectivity index is 2.00. The van der Waals surface area contributed by atoms with Gasteiger partial charge in [-0.3, -0.25) is 0 Å². The SMILES string of the molecule is CC(C)(COc1ccc(N)cn1)n1cnnn1. The van der Waals surface area contributed by atoms with Crippen molar-refractivity contribution in [3.63, 3.8) is 0 Å². The van der Waals surface area contributed by atoms with Crippen LogP contribution in [-0.4, -0.2) is 31.8 Å². The molecule has 0 unspecified atom stereocenters. The van der Waals surface area contributed by atoms with Crippen LogP contribution >= 0.6 is 0 Å². The topological polar surface area (TPSA) is 91.7 Å². The zero-order chi connectivity index (χ0) is 12.3. The number of nitrogens with two attached hydrogens (primary N) is 1. The van der Waals surface area contributed by atoms with E-state index >= 15 is 0 Å². The van der Waals surface area contributed by atoms with Gasteiger partial charge in [0.2, 0.25) is 5.88 Å². The average molecular weight is 234 g/mol. The lowest BCUT2D eigenvalue weighted by molar-refractivity contribution is 0.163. The molecule has 0 aliphatic heterocycles. The Morgan fingerprint density at radius 3 is 2.82 bits per heavy atom. The van der Waals surface area contributed by atoms with Crippen LogP contribution in [0.4, 0.5) is 5.69 Å². The van der Waals surface area contributed by atoms with Crippen LogP contribution in [0.25, 0.3) is 0 Å². The number of nitrogen functional groups attached to an aromatic ring is 1. The highest BCUT2D eigenvalue weighted by Gasteiger charge is 2.22. The van der Waals surface area contributed by atoms with Crippen molar-refractivity contribution in [2.24, 2.45) is 0 Å². The fraction of sp³-hybridized carbons (Fsp3) is 0.400. The van der Waals surface area contributed by atoms with Gasteiger partial charge in [-0.1, -0.05) is 0 Å². The lowest BCUT2D eigenvalue weighted by atomic mass is 10.1. The van der Waals surface area contributed by atoms with Gasteiger partial charge in [0.05, 0.1) is 17.4 Å². The van der Waals surface area contributed by atoms with Crippen LogP contribution < -0.4 is 10.5 Å². The molecule has 0 aliphatic rings. The fourth-order valence-corrected chi connectivity index (χ4v) is 1.23. The number of nitrogens with zero attached hydrogens (tertiary/aromatic N) is 5. The van der Waals surface area contributed by atoms with Crippen molar-refractivity contribution in [1.82, 2.24) is 25.2 Å². The van der Waals surface area contributed by atoms with E-state index in [-0.39, 0.29) is 5.54 Å². The molecule has 0 amide bonds. The first kappa shape index (κ1) is 11.3. The molecule has 0 bridgehead atoms. The molecule has 0 saturated carbocycles. The van der Waals surface area contributed by atoms with Gasteiger partial charge >= 0.3 is 0 Å². The number of anilines is 1. The lowest BCUT2D eigenvalue weighted by Gasteiger charge is -2.23. The number of pyridine rings is 1. The smallest absolute Gasteiger partial charge is 0.213 e.